The highest BCUT2D eigenvalue weighted by atomic mass is 16.5. The number of hydrogen-bond acceptors (Lipinski definition) is 4. The highest BCUT2D eigenvalue weighted by Crippen LogP contribution is 2.37. The van der Waals surface area contributed by atoms with E-state index >= 15 is 0 Å². The normalized spacial score (nSPS) is 10.9. The van der Waals surface area contributed by atoms with Crippen molar-refractivity contribution in [3.05, 3.63) is 77.9 Å². The van der Waals surface area contributed by atoms with E-state index in [9.17, 15) is 5.11 Å². The maximum absolute atomic E-state index is 9.55. The van der Waals surface area contributed by atoms with E-state index in [-0.39, 0.29) is 5.75 Å². The van der Waals surface area contributed by atoms with Gasteiger partial charge in [-0.2, -0.15) is 0 Å². The standard InChI is InChI=1S/C23H20O4/c1-25-18-9-5-16(6-10-18)23-21(13-15-3-7-17(24)8-4-15)20-12-11-19(26-2)14-22(20)27-23/h3-12,14,24H,13H2,1-2H3. The monoisotopic (exact) mass is 360 g/mol. The van der Waals surface area contributed by atoms with Gasteiger partial charge in [0.25, 0.3) is 0 Å². The van der Waals surface area contributed by atoms with Gasteiger partial charge in [-0.3, -0.25) is 0 Å². The summed E-state index contributed by atoms with van der Waals surface area (Å²) >= 11 is 0. The van der Waals surface area contributed by atoms with E-state index in [0.717, 1.165) is 44.9 Å². The summed E-state index contributed by atoms with van der Waals surface area (Å²) in [5, 5.41) is 10.6. The highest BCUT2D eigenvalue weighted by molar-refractivity contribution is 5.89. The molecule has 0 spiro atoms. The molecule has 1 N–H and O–H groups in total. The lowest BCUT2D eigenvalue weighted by Crippen LogP contribution is -1.90. The molecular formula is C23H20O4. The second-order valence-corrected chi connectivity index (χ2v) is 6.34. The zero-order valence-electron chi connectivity index (χ0n) is 15.2. The van der Waals surface area contributed by atoms with Crippen LogP contribution in [0.1, 0.15) is 11.1 Å². The Bertz CT molecular complexity index is 1060. The molecule has 0 saturated heterocycles. The first-order valence-corrected chi connectivity index (χ1v) is 8.69. The van der Waals surface area contributed by atoms with Gasteiger partial charge in [-0.1, -0.05) is 12.1 Å². The van der Waals surface area contributed by atoms with Crippen LogP contribution in [0.4, 0.5) is 0 Å². The van der Waals surface area contributed by atoms with Crippen LogP contribution >= 0.6 is 0 Å². The van der Waals surface area contributed by atoms with E-state index in [4.69, 9.17) is 13.9 Å². The molecule has 3 aromatic carbocycles. The molecule has 0 aliphatic rings. The van der Waals surface area contributed by atoms with Crippen molar-refractivity contribution in [3.63, 3.8) is 0 Å². The number of furan rings is 1. The average molecular weight is 360 g/mol. The minimum atomic E-state index is 0.260. The molecule has 4 rings (SSSR count). The van der Waals surface area contributed by atoms with Crippen LogP contribution in [0, 0.1) is 0 Å². The number of hydrogen-bond donors (Lipinski definition) is 1. The predicted octanol–water partition coefficient (Wildman–Crippen LogP) is 5.41. The van der Waals surface area contributed by atoms with Gasteiger partial charge in [-0.05, 0) is 54.1 Å². The molecule has 0 amide bonds. The number of methoxy groups -OCH3 is 2. The van der Waals surface area contributed by atoms with Gasteiger partial charge >= 0.3 is 0 Å². The maximum Gasteiger partial charge on any atom is 0.138 e. The van der Waals surface area contributed by atoms with Crippen molar-refractivity contribution in [1.29, 1.82) is 0 Å². The fourth-order valence-corrected chi connectivity index (χ4v) is 3.23. The topological polar surface area (TPSA) is 51.8 Å². The lowest BCUT2D eigenvalue weighted by atomic mass is 9.98. The molecule has 0 aliphatic heterocycles. The van der Waals surface area contributed by atoms with Crippen LogP contribution in [0.2, 0.25) is 0 Å². The molecular weight excluding hydrogens is 340 g/mol. The molecule has 4 nitrogen and oxygen atoms in total. The van der Waals surface area contributed by atoms with Crippen LogP contribution in [-0.4, -0.2) is 19.3 Å². The molecule has 4 aromatic rings. The number of phenolic OH excluding ortho intramolecular Hbond substituents is 1. The zero-order chi connectivity index (χ0) is 18.8. The fourth-order valence-electron chi connectivity index (χ4n) is 3.23. The van der Waals surface area contributed by atoms with Gasteiger partial charge < -0.3 is 19.0 Å². The lowest BCUT2D eigenvalue weighted by molar-refractivity contribution is 0.414. The molecule has 0 fully saturated rings. The number of ether oxygens (including phenoxy) is 2. The molecule has 136 valence electrons. The van der Waals surface area contributed by atoms with Crippen LogP contribution in [0.25, 0.3) is 22.3 Å². The second kappa shape index (κ2) is 7.08. The summed E-state index contributed by atoms with van der Waals surface area (Å²) in [5.74, 6) is 2.65. The predicted molar refractivity (Wildman–Crippen MR) is 106 cm³/mol. The molecule has 4 heteroatoms. The minimum Gasteiger partial charge on any atom is -0.508 e. The largest absolute Gasteiger partial charge is 0.508 e. The van der Waals surface area contributed by atoms with Crippen LogP contribution in [0.3, 0.4) is 0 Å². The summed E-state index contributed by atoms with van der Waals surface area (Å²) in [6.45, 7) is 0. The average Bonchev–Trinajstić information content (AvgIpc) is 3.07. The Labute approximate surface area is 157 Å². The van der Waals surface area contributed by atoms with Crippen molar-refractivity contribution in [2.24, 2.45) is 0 Å². The lowest BCUT2D eigenvalue weighted by Gasteiger charge is -2.06. The summed E-state index contributed by atoms with van der Waals surface area (Å²) in [4.78, 5) is 0. The van der Waals surface area contributed by atoms with E-state index < -0.39 is 0 Å². The fraction of sp³-hybridized carbons (Fsp3) is 0.130. The third-order valence-corrected chi connectivity index (χ3v) is 4.67. The molecule has 0 unspecified atom stereocenters. The Hall–Kier alpha value is -3.40. The van der Waals surface area contributed by atoms with Gasteiger partial charge in [0.1, 0.15) is 28.6 Å². The maximum atomic E-state index is 9.55. The van der Waals surface area contributed by atoms with Crippen molar-refractivity contribution < 1.29 is 19.0 Å². The SMILES string of the molecule is COc1ccc(-c2oc3cc(OC)ccc3c2Cc2ccc(O)cc2)cc1. The molecule has 0 bridgehead atoms. The summed E-state index contributed by atoms with van der Waals surface area (Å²) in [5.41, 5.74) is 3.97. The van der Waals surface area contributed by atoms with Gasteiger partial charge in [0, 0.05) is 29.0 Å². The van der Waals surface area contributed by atoms with Gasteiger partial charge in [0.15, 0.2) is 0 Å². The first-order chi connectivity index (χ1) is 13.2. The van der Waals surface area contributed by atoms with Gasteiger partial charge in [0.2, 0.25) is 0 Å². The first-order valence-electron chi connectivity index (χ1n) is 8.69. The second-order valence-electron chi connectivity index (χ2n) is 6.34. The van der Waals surface area contributed by atoms with Crippen molar-refractivity contribution >= 4 is 11.0 Å². The summed E-state index contributed by atoms with van der Waals surface area (Å²) in [6.07, 6.45) is 0.695. The molecule has 1 aromatic heterocycles. The number of phenols is 1. The number of rotatable bonds is 5. The Morgan fingerprint density at radius 1 is 0.815 bits per heavy atom. The molecule has 0 aliphatic carbocycles. The highest BCUT2D eigenvalue weighted by Gasteiger charge is 2.17. The van der Waals surface area contributed by atoms with Gasteiger partial charge in [0.05, 0.1) is 14.2 Å². The Kier molecular flexibility index (Phi) is 4.47. The first kappa shape index (κ1) is 17.0. The van der Waals surface area contributed by atoms with E-state index in [2.05, 4.69) is 0 Å². The molecule has 1 heterocycles. The summed E-state index contributed by atoms with van der Waals surface area (Å²) < 4.78 is 16.8. The molecule has 0 atom stereocenters. The number of aromatic hydroxyl groups is 1. The van der Waals surface area contributed by atoms with E-state index in [0.29, 0.717) is 6.42 Å². The third-order valence-electron chi connectivity index (χ3n) is 4.67. The molecule has 0 radical (unpaired) electrons. The van der Waals surface area contributed by atoms with Crippen LogP contribution in [0.15, 0.2) is 71.1 Å². The van der Waals surface area contributed by atoms with E-state index in [1.807, 2.05) is 54.6 Å². The third kappa shape index (κ3) is 3.34. The quantitative estimate of drug-likeness (QED) is 0.517. The van der Waals surface area contributed by atoms with Crippen LogP contribution < -0.4 is 9.47 Å². The Morgan fingerprint density at radius 2 is 1.48 bits per heavy atom. The van der Waals surface area contributed by atoms with E-state index in [1.165, 1.54) is 0 Å². The summed E-state index contributed by atoms with van der Waals surface area (Å²) in [6, 6.07) is 21.0. The summed E-state index contributed by atoms with van der Waals surface area (Å²) in [7, 11) is 3.30. The smallest absolute Gasteiger partial charge is 0.138 e. The van der Waals surface area contributed by atoms with Gasteiger partial charge in [-0.15, -0.1) is 0 Å². The van der Waals surface area contributed by atoms with Gasteiger partial charge in [-0.25, -0.2) is 0 Å². The van der Waals surface area contributed by atoms with Crippen LogP contribution in [-0.2, 0) is 6.42 Å². The minimum absolute atomic E-state index is 0.260. The van der Waals surface area contributed by atoms with Crippen molar-refractivity contribution in [3.8, 4) is 28.6 Å². The van der Waals surface area contributed by atoms with Crippen molar-refractivity contribution in [1.82, 2.24) is 0 Å². The molecule has 0 saturated carbocycles. The molecule has 27 heavy (non-hydrogen) atoms. The Morgan fingerprint density at radius 3 is 2.15 bits per heavy atom. The number of fused-ring (bicyclic) bond motifs is 1. The van der Waals surface area contributed by atoms with Crippen LogP contribution in [0.5, 0.6) is 17.2 Å². The van der Waals surface area contributed by atoms with E-state index in [1.54, 1.807) is 26.4 Å². The van der Waals surface area contributed by atoms with Crippen molar-refractivity contribution in [2.45, 2.75) is 6.42 Å². The van der Waals surface area contributed by atoms with Crippen molar-refractivity contribution in [2.75, 3.05) is 14.2 Å². The Balaban J connectivity index is 1.85. The number of benzene rings is 3. The zero-order valence-corrected chi connectivity index (χ0v) is 15.2.